The Labute approximate surface area is 152 Å². The minimum Gasteiger partial charge on any atom is -0.437 e. The molecule has 0 aliphatic heterocycles. The maximum atomic E-state index is 12.8. The first kappa shape index (κ1) is 16.2. The molecule has 0 atom stereocenters. The number of benzene rings is 1. The van der Waals surface area contributed by atoms with E-state index in [1.54, 1.807) is 49.6 Å². The quantitative estimate of drug-likeness (QED) is 0.543. The summed E-state index contributed by atoms with van der Waals surface area (Å²) in [6.45, 7) is 1.69. The number of aromatic nitrogens is 2. The zero-order valence-electron chi connectivity index (χ0n) is 13.6. The highest BCUT2D eigenvalue weighted by molar-refractivity contribution is 6.31. The molecule has 1 amide bonds. The van der Waals surface area contributed by atoms with E-state index < -0.39 is 0 Å². The van der Waals surface area contributed by atoms with Crippen LogP contribution < -0.4 is 10.7 Å². The van der Waals surface area contributed by atoms with Crippen LogP contribution >= 0.6 is 11.6 Å². The molecule has 0 spiro atoms. The molecule has 0 bridgehead atoms. The van der Waals surface area contributed by atoms with Crippen molar-refractivity contribution >= 4 is 45.3 Å². The molecule has 26 heavy (non-hydrogen) atoms. The number of fused-ring (bicyclic) bond motifs is 2. The van der Waals surface area contributed by atoms with Gasteiger partial charge < -0.3 is 9.73 Å². The zero-order valence-corrected chi connectivity index (χ0v) is 14.4. The Bertz CT molecular complexity index is 1220. The van der Waals surface area contributed by atoms with Crippen molar-refractivity contribution in [3.05, 3.63) is 75.3 Å². The summed E-state index contributed by atoms with van der Waals surface area (Å²) >= 11 is 5.97. The number of hydrogen-bond donors (Lipinski definition) is 1. The number of amides is 1. The van der Waals surface area contributed by atoms with Crippen molar-refractivity contribution in [1.82, 2.24) is 9.97 Å². The van der Waals surface area contributed by atoms with E-state index in [1.807, 2.05) is 0 Å². The molecule has 0 unspecified atom stereocenters. The highest BCUT2D eigenvalue weighted by atomic mass is 35.5. The maximum absolute atomic E-state index is 12.8. The number of rotatable bonds is 2. The van der Waals surface area contributed by atoms with Crippen LogP contribution in [0.5, 0.6) is 0 Å². The molecule has 0 aliphatic carbocycles. The van der Waals surface area contributed by atoms with Gasteiger partial charge in [-0.05, 0) is 43.3 Å². The monoisotopic (exact) mass is 365 g/mol. The van der Waals surface area contributed by atoms with Crippen LogP contribution in [0.25, 0.3) is 22.1 Å². The van der Waals surface area contributed by atoms with Crippen LogP contribution in [0.1, 0.15) is 16.1 Å². The number of carbonyl (C=O) groups excluding carboxylic acids is 1. The van der Waals surface area contributed by atoms with Crippen molar-refractivity contribution < 1.29 is 9.21 Å². The molecule has 1 N–H and O–H groups in total. The third-order valence-electron chi connectivity index (χ3n) is 4.00. The molecular weight excluding hydrogens is 354 g/mol. The van der Waals surface area contributed by atoms with E-state index >= 15 is 0 Å². The molecule has 0 fully saturated rings. The molecule has 0 aliphatic rings. The molecular formula is C19H12ClN3O3. The van der Waals surface area contributed by atoms with Crippen LogP contribution in [0.4, 0.5) is 5.69 Å². The van der Waals surface area contributed by atoms with E-state index in [9.17, 15) is 9.59 Å². The van der Waals surface area contributed by atoms with Crippen LogP contribution in [-0.4, -0.2) is 15.9 Å². The fraction of sp³-hybridized carbons (Fsp3) is 0.0526. The van der Waals surface area contributed by atoms with Gasteiger partial charge in [0.15, 0.2) is 0 Å². The number of carbonyl (C=O) groups is 1. The highest BCUT2D eigenvalue weighted by Gasteiger charge is 2.16. The van der Waals surface area contributed by atoms with Crippen molar-refractivity contribution in [1.29, 1.82) is 0 Å². The molecule has 4 rings (SSSR count). The lowest BCUT2D eigenvalue weighted by Crippen LogP contribution is -2.15. The highest BCUT2D eigenvalue weighted by Crippen LogP contribution is 2.22. The van der Waals surface area contributed by atoms with Crippen molar-refractivity contribution in [2.24, 2.45) is 0 Å². The Morgan fingerprint density at radius 3 is 2.65 bits per heavy atom. The van der Waals surface area contributed by atoms with Gasteiger partial charge in [-0.2, -0.15) is 0 Å². The summed E-state index contributed by atoms with van der Waals surface area (Å²) in [7, 11) is 0. The Kier molecular flexibility index (Phi) is 3.89. The first-order valence-electron chi connectivity index (χ1n) is 7.78. The van der Waals surface area contributed by atoms with E-state index in [2.05, 4.69) is 15.3 Å². The number of nitrogens with zero attached hydrogens (tertiary/aromatic N) is 2. The van der Waals surface area contributed by atoms with E-state index in [0.29, 0.717) is 32.9 Å². The lowest BCUT2D eigenvalue weighted by Gasteiger charge is -2.08. The fourth-order valence-electron chi connectivity index (χ4n) is 2.71. The lowest BCUT2D eigenvalue weighted by atomic mass is 10.1. The Hall–Kier alpha value is -3.25. The second-order valence-corrected chi connectivity index (χ2v) is 6.17. The van der Waals surface area contributed by atoms with Crippen molar-refractivity contribution in [2.75, 3.05) is 5.32 Å². The van der Waals surface area contributed by atoms with Gasteiger partial charge in [0.2, 0.25) is 11.1 Å². The van der Waals surface area contributed by atoms with Crippen LogP contribution in [0, 0.1) is 6.92 Å². The maximum Gasteiger partial charge on any atom is 0.257 e. The lowest BCUT2D eigenvalue weighted by molar-refractivity contribution is 0.102. The molecule has 6 nitrogen and oxygen atoms in total. The molecule has 0 radical (unpaired) electrons. The predicted octanol–water partition coefficient (Wildman–Crippen LogP) is 3.95. The standard InChI is InChI=1S/C19H12ClN3O3/c1-10-13(18(25)23-12-4-6-21-7-5-12)9-15-17(24)14-8-11(20)2-3-16(14)26-19(15)22-10/h2-9H,1H3,(H,21,23,25). The van der Waals surface area contributed by atoms with Gasteiger partial charge in [-0.3, -0.25) is 14.6 Å². The third kappa shape index (κ3) is 2.80. The van der Waals surface area contributed by atoms with E-state index in [0.717, 1.165) is 0 Å². The number of anilines is 1. The summed E-state index contributed by atoms with van der Waals surface area (Å²) in [4.78, 5) is 33.6. The average Bonchev–Trinajstić information content (AvgIpc) is 2.63. The number of nitrogens with one attached hydrogen (secondary N) is 1. The summed E-state index contributed by atoms with van der Waals surface area (Å²) in [5.41, 5.74) is 1.65. The van der Waals surface area contributed by atoms with Crippen LogP contribution in [0.2, 0.25) is 5.02 Å². The van der Waals surface area contributed by atoms with E-state index in [-0.39, 0.29) is 22.4 Å². The van der Waals surface area contributed by atoms with Gasteiger partial charge in [-0.1, -0.05) is 11.6 Å². The van der Waals surface area contributed by atoms with Crippen molar-refractivity contribution in [3.8, 4) is 0 Å². The largest absolute Gasteiger partial charge is 0.437 e. The third-order valence-corrected chi connectivity index (χ3v) is 4.23. The normalized spacial score (nSPS) is 11.0. The van der Waals surface area contributed by atoms with Gasteiger partial charge >= 0.3 is 0 Å². The molecule has 0 saturated carbocycles. The number of hydrogen-bond acceptors (Lipinski definition) is 5. The summed E-state index contributed by atoms with van der Waals surface area (Å²) in [5.74, 6) is -0.367. The van der Waals surface area contributed by atoms with Crippen molar-refractivity contribution in [2.45, 2.75) is 6.92 Å². The smallest absolute Gasteiger partial charge is 0.257 e. The first-order chi connectivity index (χ1) is 12.5. The molecule has 7 heteroatoms. The molecule has 4 aromatic rings. The van der Waals surface area contributed by atoms with Gasteiger partial charge in [0.05, 0.1) is 22.0 Å². The Morgan fingerprint density at radius 1 is 1.12 bits per heavy atom. The summed E-state index contributed by atoms with van der Waals surface area (Å²) < 4.78 is 5.71. The van der Waals surface area contributed by atoms with Crippen LogP contribution in [-0.2, 0) is 0 Å². The summed E-state index contributed by atoms with van der Waals surface area (Å²) in [6.07, 6.45) is 3.15. The summed E-state index contributed by atoms with van der Waals surface area (Å²) in [5, 5.41) is 3.76. The SMILES string of the molecule is Cc1nc2oc3ccc(Cl)cc3c(=O)c2cc1C(=O)Nc1ccncc1. The van der Waals surface area contributed by atoms with Gasteiger partial charge in [-0.25, -0.2) is 4.98 Å². The van der Waals surface area contributed by atoms with Gasteiger partial charge in [0.25, 0.3) is 5.91 Å². The molecule has 1 aromatic carbocycles. The van der Waals surface area contributed by atoms with Crippen molar-refractivity contribution in [3.63, 3.8) is 0 Å². The zero-order chi connectivity index (χ0) is 18.3. The number of halogens is 1. The van der Waals surface area contributed by atoms with E-state index in [4.69, 9.17) is 16.0 Å². The summed E-state index contributed by atoms with van der Waals surface area (Å²) in [6, 6.07) is 9.65. The minimum atomic E-state index is -0.367. The van der Waals surface area contributed by atoms with E-state index in [1.165, 1.54) is 6.07 Å². The van der Waals surface area contributed by atoms with Gasteiger partial charge in [-0.15, -0.1) is 0 Å². The first-order valence-corrected chi connectivity index (χ1v) is 8.16. The fourth-order valence-corrected chi connectivity index (χ4v) is 2.88. The number of aryl methyl sites for hydroxylation is 1. The van der Waals surface area contributed by atoms with Crippen LogP contribution in [0.3, 0.4) is 0 Å². The van der Waals surface area contributed by atoms with Gasteiger partial charge in [0.1, 0.15) is 5.58 Å². The number of pyridine rings is 2. The topological polar surface area (TPSA) is 85.1 Å². The predicted molar refractivity (Wildman–Crippen MR) is 99.7 cm³/mol. The average molecular weight is 366 g/mol. The Morgan fingerprint density at radius 2 is 1.88 bits per heavy atom. The Balaban J connectivity index is 1.87. The minimum absolute atomic E-state index is 0.183. The van der Waals surface area contributed by atoms with Crippen LogP contribution in [0.15, 0.2) is 58.0 Å². The second kappa shape index (κ2) is 6.24. The molecule has 3 heterocycles. The van der Waals surface area contributed by atoms with Gasteiger partial charge in [0, 0.05) is 23.1 Å². The second-order valence-electron chi connectivity index (χ2n) is 5.74. The molecule has 128 valence electrons. The molecule has 0 saturated heterocycles. The molecule has 3 aromatic heterocycles.